The van der Waals surface area contributed by atoms with Crippen molar-refractivity contribution in [2.45, 2.75) is 38.7 Å². The third kappa shape index (κ3) is 5.56. The second-order valence-electron chi connectivity index (χ2n) is 2.75. The van der Waals surface area contributed by atoms with Gasteiger partial charge in [-0.15, -0.1) is 11.6 Å². The lowest BCUT2D eigenvalue weighted by atomic mass is 10.1. The molecule has 0 aliphatic heterocycles. The SMILES string of the molecule is CCCCCC(O)/C(F)=C/CCl. The molecule has 0 aromatic heterocycles. The van der Waals surface area contributed by atoms with Crippen molar-refractivity contribution in [1.29, 1.82) is 0 Å². The molecule has 0 aromatic carbocycles. The van der Waals surface area contributed by atoms with Crippen LogP contribution in [0.15, 0.2) is 11.9 Å². The Hall–Kier alpha value is -0.0800. The molecule has 0 aliphatic rings. The van der Waals surface area contributed by atoms with E-state index in [2.05, 4.69) is 6.92 Å². The van der Waals surface area contributed by atoms with Gasteiger partial charge in [0.2, 0.25) is 0 Å². The molecular weight excluding hydrogens is 179 g/mol. The van der Waals surface area contributed by atoms with Crippen molar-refractivity contribution >= 4 is 11.6 Å². The Morgan fingerprint density at radius 2 is 2.25 bits per heavy atom. The summed E-state index contributed by atoms with van der Waals surface area (Å²) in [5.74, 6) is -0.377. The minimum absolute atomic E-state index is 0.122. The van der Waals surface area contributed by atoms with Gasteiger partial charge < -0.3 is 5.11 Å². The third-order valence-corrected chi connectivity index (χ3v) is 1.83. The van der Waals surface area contributed by atoms with Gasteiger partial charge in [-0.3, -0.25) is 0 Å². The summed E-state index contributed by atoms with van der Waals surface area (Å²) in [7, 11) is 0. The number of hydrogen-bond donors (Lipinski definition) is 1. The molecule has 72 valence electrons. The summed E-state index contributed by atoms with van der Waals surface area (Å²) in [4.78, 5) is 0. The highest BCUT2D eigenvalue weighted by molar-refractivity contribution is 6.18. The normalized spacial score (nSPS) is 14.8. The number of aliphatic hydroxyl groups is 1. The Kier molecular flexibility index (Phi) is 7.51. The van der Waals surface area contributed by atoms with E-state index in [9.17, 15) is 9.50 Å². The summed E-state index contributed by atoms with van der Waals surface area (Å²) in [6.07, 6.45) is 3.72. The number of hydrogen-bond acceptors (Lipinski definition) is 1. The highest BCUT2D eigenvalue weighted by Gasteiger charge is 2.08. The Bertz CT molecular complexity index is 136. The van der Waals surface area contributed by atoms with Gasteiger partial charge in [0, 0.05) is 5.88 Å². The van der Waals surface area contributed by atoms with E-state index in [0.29, 0.717) is 6.42 Å². The van der Waals surface area contributed by atoms with E-state index < -0.39 is 11.9 Å². The minimum atomic E-state index is -0.949. The Labute approximate surface area is 78.2 Å². The van der Waals surface area contributed by atoms with E-state index in [1.807, 2.05) is 0 Å². The maximum absolute atomic E-state index is 12.8. The molecule has 0 saturated carbocycles. The zero-order valence-corrected chi connectivity index (χ0v) is 8.15. The lowest BCUT2D eigenvalue weighted by Crippen LogP contribution is -2.07. The summed E-state index contributed by atoms with van der Waals surface area (Å²) < 4.78 is 12.8. The van der Waals surface area contributed by atoms with Crippen LogP contribution < -0.4 is 0 Å². The van der Waals surface area contributed by atoms with Crippen LogP contribution in [0.25, 0.3) is 0 Å². The van der Waals surface area contributed by atoms with Gasteiger partial charge in [0.25, 0.3) is 0 Å². The molecule has 3 heteroatoms. The molecule has 0 spiro atoms. The van der Waals surface area contributed by atoms with E-state index in [-0.39, 0.29) is 5.88 Å². The van der Waals surface area contributed by atoms with E-state index in [0.717, 1.165) is 19.3 Å². The summed E-state index contributed by atoms with van der Waals surface area (Å²) >= 11 is 5.27. The smallest absolute Gasteiger partial charge is 0.126 e. The lowest BCUT2D eigenvalue weighted by molar-refractivity contribution is 0.169. The van der Waals surface area contributed by atoms with E-state index in [1.165, 1.54) is 6.08 Å². The average Bonchev–Trinajstić information content (AvgIpc) is 2.05. The van der Waals surface area contributed by atoms with Crippen LogP contribution in [0.4, 0.5) is 4.39 Å². The highest BCUT2D eigenvalue weighted by Crippen LogP contribution is 2.12. The van der Waals surface area contributed by atoms with E-state index >= 15 is 0 Å². The average molecular weight is 195 g/mol. The molecule has 1 nitrogen and oxygen atoms in total. The summed E-state index contributed by atoms with van der Waals surface area (Å²) in [5, 5.41) is 9.17. The number of aliphatic hydroxyl groups excluding tert-OH is 1. The van der Waals surface area contributed by atoms with Crippen LogP contribution in [0.2, 0.25) is 0 Å². The van der Waals surface area contributed by atoms with Crippen molar-refractivity contribution < 1.29 is 9.50 Å². The molecule has 12 heavy (non-hydrogen) atoms. The fourth-order valence-corrected chi connectivity index (χ4v) is 1.08. The van der Waals surface area contributed by atoms with Crippen molar-refractivity contribution in [3.63, 3.8) is 0 Å². The second kappa shape index (κ2) is 7.56. The van der Waals surface area contributed by atoms with Crippen LogP contribution in [0.5, 0.6) is 0 Å². The van der Waals surface area contributed by atoms with Gasteiger partial charge in [-0.25, -0.2) is 4.39 Å². The van der Waals surface area contributed by atoms with Gasteiger partial charge in [-0.05, 0) is 12.5 Å². The number of unbranched alkanes of at least 4 members (excludes halogenated alkanes) is 2. The van der Waals surface area contributed by atoms with Crippen molar-refractivity contribution in [2.75, 3.05) is 5.88 Å². The van der Waals surface area contributed by atoms with Crippen molar-refractivity contribution in [3.8, 4) is 0 Å². The molecule has 1 unspecified atom stereocenters. The quantitative estimate of drug-likeness (QED) is 0.509. The number of halogens is 2. The van der Waals surface area contributed by atoms with Crippen LogP contribution in [-0.4, -0.2) is 17.1 Å². The molecule has 0 aromatic rings. The fraction of sp³-hybridized carbons (Fsp3) is 0.778. The van der Waals surface area contributed by atoms with Crippen molar-refractivity contribution in [2.24, 2.45) is 0 Å². The summed E-state index contributed by atoms with van der Waals surface area (Å²) in [6, 6.07) is 0. The number of rotatable bonds is 6. The first kappa shape index (κ1) is 11.9. The van der Waals surface area contributed by atoms with Gasteiger partial charge in [0.05, 0.1) is 0 Å². The first-order valence-corrected chi connectivity index (χ1v) is 4.85. The summed E-state index contributed by atoms with van der Waals surface area (Å²) in [5.41, 5.74) is 0. The Balaban J connectivity index is 3.56. The fourth-order valence-electron chi connectivity index (χ4n) is 0.935. The molecular formula is C9H16ClFO. The van der Waals surface area contributed by atoms with E-state index in [1.54, 1.807) is 0 Å². The van der Waals surface area contributed by atoms with Gasteiger partial charge in [0.15, 0.2) is 0 Å². The maximum atomic E-state index is 12.8. The van der Waals surface area contributed by atoms with Crippen molar-refractivity contribution in [3.05, 3.63) is 11.9 Å². The first-order valence-electron chi connectivity index (χ1n) is 4.32. The highest BCUT2D eigenvalue weighted by atomic mass is 35.5. The Morgan fingerprint density at radius 3 is 2.75 bits per heavy atom. The van der Waals surface area contributed by atoms with Crippen LogP contribution >= 0.6 is 11.6 Å². The second-order valence-corrected chi connectivity index (χ2v) is 3.06. The zero-order chi connectivity index (χ0) is 9.40. The summed E-state index contributed by atoms with van der Waals surface area (Å²) in [6.45, 7) is 2.07. The molecule has 1 atom stereocenters. The lowest BCUT2D eigenvalue weighted by Gasteiger charge is -2.06. The molecule has 0 bridgehead atoms. The molecule has 1 N–H and O–H groups in total. The van der Waals surface area contributed by atoms with Crippen molar-refractivity contribution in [1.82, 2.24) is 0 Å². The van der Waals surface area contributed by atoms with Gasteiger partial charge in [-0.1, -0.05) is 26.2 Å². The molecule has 0 heterocycles. The van der Waals surface area contributed by atoms with Gasteiger partial charge >= 0.3 is 0 Å². The van der Waals surface area contributed by atoms with Gasteiger partial charge in [-0.2, -0.15) is 0 Å². The molecule has 0 amide bonds. The number of alkyl halides is 1. The van der Waals surface area contributed by atoms with Crippen LogP contribution in [0.3, 0.4) is 0 Å². The topological polar surface area (TPSA) is 20.2 Å². The zero-order valence-electron chi connectivity index (χ0n) is 7.39. The first-order chi connectivity index (χ1) is 5.72. The molecule has 0 aliphatic carbocycles. The van der Waals surface area contributed by atoms with Crippen LogP contribution in [0, 0.1) is 0 Å². The molecule has 0 fully saturated rings. The predicted octanol–water partition coefficient (Wildman–Crippen LogP) is 3.02. The van der Waals surface area contributed by atoms with Gasteiger partial charge in [0.1, 0.15) is 11.9 Å². The maximum Gasteiger partial charge on any atom is 0.126 e. The Morgan fingerprint density at radius 1 is 1.58 bits per heavy atom. The largest absolute Gasteiger partial charge is 0.386 e. The monoisotopic (exact) mass is 194 g/mol. The standard InChI is InChI=1S/C9H16ClFO/c1-2-3-4-5-9(12)8(11)6-7-10/h6,9,12H,2-5,7H2,1H3/b8-6-. The predicted molar refractivity (Wildman–Crippen MR) is 50.1 cm³/mol. The van der Waals surface area contributed by atoms with Crippen LogP contribution in [0.1, 0.15) is 32.6 Å². The number of allylic oxidation sites excluding steroid dienone is 1. The molecule has 0 saturated heterocycles. The molecule has 0 rings (SSSR count). The van der Waals surface area contributed by atoms with E-state index in [4.69, 9.17) is 11.6 Å². The van der Waals surface area contributed by atoms with Crippen LogP contribution in [-0.2, 0) is 0 Å². The molecule has 0 radical (unpaired) electrons. The minimum Gasteiger partial charge on any atom is -0.386 e. The third-order valence-electron chi connectivity index (χ3n) is 1.67.